The SMILES string of the molecule is Cc1ccc2nc(NC(=O)C3=NOC(C(C)(C)C)C3)[nH]c2c1. The zero-order chi connectivity index (χ0) is 15.9. The minimum atomic E-state index is -0.275. The minimum absolute atomic E-state index is 0.0532. The van der Waals surface area contributed by atoms with Crippen molar-refractivity contribution in [3.8, 4) is 0 Å². The van der Waals surface area contributed by atoms with E-state index < -0.39 is 0 Å². The molecule has 1 amide bonds. The number of hydrogen-bond acceptors (Lipinski definition) is 4. The molecule has 0 aliphatic carbocycles. The van der Waals surface area contributed by atoms with Gasteiger partial charge in [-0.3, -0.25) is 10.1 Å². The number of nitrogens with zero attached hydrogens (tertiary/aromatic N) is 2. The molecule has 0 fully saturated rings. The van der Waals surface area contributed by atoms with Gasteiger partial charge in [0, 0.05) is 11.8 Å². The second kappa shape index (κ2) is 5.12. The van der Waals surface area contributed by atoms with E-state index in [0.717, 1.165) is 16.6 Å². The number of H-pyrrole nitrogens is 1. The molecule has 3 rings (SSSR count). The Kier molecular flexibility index (Phi) is 3.39. The fourth-order valence-electron chi connectivity index (χ4n) is 2.34. The van der Waals surface area contributed by atoms with E-state index in [-0.39, 0.29) is 17.4 Å². The molecule has 2 heterocycles. The van der Waals surface area contributed by atoms with Crippen molar-refractivity contribution in [1.29, 1.82) is 0 Å². The quantitative estimate of drug-likeness (QED) is 0.894. The number of carbonyl (C=O) groups is 1. The number of carbonyl (C=O) groups excluding carboxylic acids is 1. The normalized spacial score (nSPS) is 18.2. The van der Waals surface area contributed by atoms with E-state index >= 15 is 0 Å². The Morgan fingerprint density at radius 2 is 2.18 bits per heavy atom. The van der Waals surface area contributed by atoms with Gasteiger partial charge in [0.05, 0.1) is 11.0 Å². The summed E-state index contributed by atoms with van der Waals surface area (Å²) >= 11 is 0. The fraction of sp³-hybridized carbons (Fsp3) is 0.438. The van der Waals surface area contributed by atoms with Gasteiger partial charge in [0.15, 0.2) is 0 Å². The molecule has 6 heteroatoms. The summed E-state index contributed by atoms with van der Waals surface area (Å²) < 4.78 is 0. The molecule has 0 radical (unpaired) electrons. The van der Waals surface area contributed by atoms with E-state index in [4.69, 9.17) is 4.84 Å². The summed E-state index contributed by atoms with van der Waals surface area (Å²) in [5.41, 5.74) is 3.19. The largest absolute Gasteiger partial charge is 0.391 e. The third-order valence-corrected chi connectivity index (χ3v) is 3.77. The van der Waals surface area contributed by atoms with Gasteiger partial charge in [-0.05, 0) is 24.6 Å². The molecule has 1 aliphatic rings. The molecule has 116 valence electrons. The molecule has 1 aliphatic heterocycles. The van der Waals surface area contributed by atoms with Crippen LogP contribution in [-0.4, -0.2) is 27.7 Å². The van der Waals surface area contributed by atoms with Crippen molar-refractivity contribution in [2.45, 2.75) is 40.2 Å². The van der Waals surface area contributed by atoms with Gasteiger partial charge in [0.1, 0.15) is 11.8 Å². The number of aromatic nitrogens is 2. The summed E-state index contributed by atoms with van der Waals surface area (Å²) in [6, 6.07) is 5.89. The van der Waals surface area contributed by atoms with Crippen LogP contribution in [0.1, 0.15) is 32.8 Å². The highest BCUT2D eigenvalue weighted by atomic mass is 16.6. The lowest BCUT2D eigenvalue weighted by atomic mass is 9.86. The monoisotopic (exact) mass is 300 g/mol. The Labute approximate surface area is 128 Å². The second-order valence-electron chi connectivity index (χ2n) is 6.76. The Hall–Kier alpha value is -2.37. The Balaban J connectivity index is 1.71. The summed E-state index contributed by atoms with van der Waals surface area (Å²) in [7, 11) is 0. The van der Waals surface area contributed by atoms with Crippen molar-refractivity contribution in [1.82, 2.24) is 9.97 Å². The topological polar surface area (TPSA) is 79.4 Å². The number of amides is 1. The van der Waals surface area contributed by atoms with Gasteiger partial charge in [-0.25, -0.2) is 4.98 Å². The van der Waals surface area contributed by atoms with E-state index in [9.17, 15) is 4.79 Å². The molecule has 1 unspecified atom stereocenters. The van der Waals surface area contributed by atoms with Crippen molar-refractivity contribution in [3.05, 3.63) is 23.8 Å². The number of nitrogens with one attached hydrogen (secondary N) is 2. The number of imidazole rings is 1. The van der Waals surface area contributed by atoms with Crippen LogP contribution in [0.15, 0.2) is 23.4 Å². The van der Waals surface area contributed by atoms with Crippen LogP contribution in [-0.2, 0) is 9.63 Å². The van der Waals surface area contributed by atoms with Crippen LogP contribution in [0.3, 0.4) is 0 Å². The summed E-state index contributed by atoms with van der Waals surface area (Å²) in [6.45, 7) is 8.20. The van der Waals surface area contributed by atoms with Crippen molar-refractivity contribution in [2.75, 3.05) is 5.32 Å². The molecule has 0 spiro atoms. The lowest BCUT2D eigenvalue weighted by Crippen LogP contribution is -2.29. The lowest BCUT2D eigenvalue weighted by molar-refractivity contribution is -0.110. The number of aryl methyl sites for hydroxylation is 1. The van der Waals surface area contributed by atoms with Gasteiger partial charge < -0.3 is 9.82 Å². The van der Waals surface area contributed by atoms with E-state index in [1.54, 1.807) is 0 Å². The lowest BCUT2D eigenvalue weighted by Gasteiger charge is -2.23. The zero-order valence-corrected chi connectivity index (χ0v) is 13.2. The van der Waals surface area contributed by atoms with Gasteiger partial charge in [-0.1, -0.05) is 32.0 Å². The van der Waals surface area contributed by atoms with Crippen LogP contribution < -0.4 is 5.32 Å². The molecule has 0 saturated heterocycles. The minimum Gasteiger partial charge on any atom is -0.391 e. The molecule has 1 aromatic carbocycles. The van der Waals surface area contributed by atoms with E-state index in [1.165, 1.54) is 0 Å². The molecule has 0 saturated carbocycles. The molecule has 0 bridgehead atoms. The molecular formula is C16H20N4O2. The summed E-state index contributed by atoms with van der Waals surface area (Å²) in [5.74, 6) is 0.148. The van der Waals surface area contributed by atoms with Gasteiger partial charge in [0.25, 0.3) is 5.91 Å². The van der Waals surface area contributed by atoms with Crippen LogP contribution in [0.4, 0.5) is 5.95 Å². The fourth-order valence-corrected chi connectivity index (χ4v) is 2.34. The highest BCUT2D eigenvalue weighted by Crippen LogP contribution is 2.29. The molecule has 2 N–H and O–H groups in total. The maximum absolute atomic E-state index is 12.2. The predicted octanol–water partition coefficient (Wildman–Crippen LogP) is 3.00. The number of fused-ring (bicyclic) bond motifs is 1. The van der Waals surface area contributed by atoms with Gasteiger partial charge in [-0.15, -0.1) is 0 Å². The number of oxime groups is 1. The highest BCUT2D eigenvalue weighted by molar-refractivity contribution is 6.43. The van der Waals surface area contributed by atoms with E-state index in [0.29, 0.717) is 18.1 Å². The molecular weight excluding hydrogens is 280 g/mol. The van der Waals surface area contributed by atoms with E-state index in [2.05, 4.69) is 41.2 Å². The Morgan fingerprint density at radius 1 is 1.41 bits per heavy atom. The van der Waals surface area contributed by atoms with Crippen LogP contribution in [0.2, 0.25) is 0 Å². The van der Waals surface area contributed by atoms with Crippen LogP contribution in [0, 0.1) is 12.3 Å². The van der Waals surface area contributed by atoms with Crippen molar-refractivity contribution >= 4 is 28.6 Å². The first-order chi connectivity index (χ1) is 10.3. The number of rotatable bonds is 2. The predicted molar refractivity (Wildman–Crippen MR) is 85.8 cm³/mol. The number of aromatic amines is 1. The third-order valence-electron chi connectivity index (χ3n) is 3.77. The van der Waals surface area contributed by atoms with Crippen molar-refractivity contribution in [3.63, 3.8) is 0 Å². The number of hydrogen-bond donors (Lipinski definition) is 2. The first kappa shape index (κ1) is 14.6. The first-order valence-electron chi connectivity index (χ1n) is 7.33. The maximum Gasteiger partial charge on any atom is 0.275 e. The maximum atomic E-state index is 12.2. The Morgan fingerprint density at radius 3 is 2.86 bits per heavy atom. The molecule has 1 atom stereocenters. The Bertz CT molecular complexity index is 755. The smallest absolute Gasteiger partial charge is 0.275 e. The average molecular weight is 300 g/mol. The standard InChI is InChI=1S/C16H20N4O2/c1-9-5-6-10-11(7-9)18-15(17-10)19-14(21)12-8-13(22-20-12)16(2,3)4/h5-7,13H,8H2,1-4H3,(H2,17,18,19,21). The second-order valence-corrected chi connectivity index (χ2v) is 6.76. The van der Waals surface area contributed by atoms with Gasteiger partial charge in [0.2, 0.25) is 5.95 Å². The van der Waals surface area contributed by atoms with Gasteiger partial charge in [-0.2, -0.15) is 0 Å². The first-order valence-corrected chi connectivity index (χ1v) is 7.33. The van der Waals surface area contributed by atoms with Crippen molar-refractivity contribution < 1.29 is 9.63 Å². The van der Waals surface area contributed by atoms with Crippen LogP contribution >= 0.6 is 0 Å². The third kappa shape index (κ3) is 2.81. The summed E-state index contributed by atoms with van der Waals surface area (Å²) in [5, 5.41) is 6.66. The number of anilines is 1. The summed E-state index contributed by atoms with van der Waals surface area (Å²) in [4.78, 5) is 25.1. The molecule has 1 aromatic heterocycles. The molecule has 2 aromatic rings. The molecule has 6 nitrogen and oxygen atoms in total. The molecule has 22 heavy (non-hydrogen) atoms. The average Bonchev–Trinajstić information content (AvgIpc) is 3.03. The van der Waals surface area contributed by atoms with Crippen molar-refractivity contribution in [2.24, 2.45) is 10.6 Å². The zero-order valence-electron chi connectivity index (χ0n) is 13.2. The van der Waals surface area contributed by atoms with Crippen LogP contribution in [0.25, 0.3) is 11.0 Å². The van der Waals surface area contributed by atoms with Gasteiger partial charge >= 0.3 is 0 Å². The van der Waals surface area contributed by atoms with E-state index in [1.807, 2.05) is 25.1 Å². The highest BCUT2D eigenvalue weighted by Gasteiger charge is 2.35. The van der Waals surface area contributed by atoms with Crippen LogP contribution in [0.5, 0.6) is 0 Å². The summed E-state index contributed by atoms with van der Waals surface area (Å²) in [6.07, 6.45) is 0.431. The number of benzene rings is 1.